The molecule has 2 aromatic heterocycles. The predicted molar refractivity (Wildman–Crippen MR) is 92.5 cm³/mol. The normalized spacial score (nSPS) is 10.8. The largest absolute Gasteiger partial charge is 0.467 e. The van der Waals surface area contributed by atoms with E-state index < -0.39 is 0 Å². The van der Waals surface area contributed by atoms with E-state index in [4.69, 9.17) is 4.42 Å². The Hall–Kier alpha value is -2.40. The number of hydrogen-bond acceptors (Lipinski definition) is 3. The van der Waals surface area contributed by atoms with E-state index in [0.717, 1.165) is 4.88 Å². The Labute approximate surface area is 144 Å². The van der Waals surface area contributed by atoms with Gasteiger partial charge in [-0.1, -0.05) is 6.07 Å². The lowest BCUT2D eigenvalue weighted by atomic mass is 10.1. The second kappa shape index (κ2) is 7.01. The van der Waals surface area contributed by atoms with Crippen molar-refractivity contribution in [2.75, 3.05) is 0 Å². The lowest BCUT2D eigenvalue weighted by Crippen LogP contribution is -2.29. The minimum Gasteiger partial charge on any atom is -0.467 e. The van der Waals surface area contributed by atoms with E-state index in [1.807, 2.05) is 25.1 Å². The van der Waals surface area contributed by atoms with Gasteiger partial charge < -0.3 is 9.32 Å². The molecule has 0 atom stereocenters. The number of amides is 1. The first-order chi connectivity index (χ1) is 11.5. The number of aryl methyl sites for hydroxylation is 2. The van der Waals surface area contributed by atoms with Crippen LogP contribution in [-0.4, -0.2) is 10.8 Å². The molecule has 0 unspecified atom stereocenters. The van der Waals surface area contributed by atoms with Gasteiger partial charge in [0.1, 0.15) is 11.6 Å². The maximum atomic E-state index is 13.8. The van der Waals surface area contributed by atoms with Crippen molar-refractivity contribution in [1.82, 2.24) is 4.90 Å². The van der Waals surface area contributed by atoms with Gasteiger partial charge in [0, 0.05) is 15.3 Å². The maximum absolute atomic E-state index is 13.8. The van der Waals surface area contributed by atoms with Crippen LogP contribution >= 0.6 is 11.3 Å². The van der Waals surface area contributed by atoms with Gasteiger partial charge in [0.2, 0.25) is 0 Å². The summed E-state index contributed by atoms with van der Waals surface area (Å²) >= 11 is 1.65. The Morgan fingerprint density at radius 2 is 2.00 bits per heavy atom. The lowest BCUT2D eigenvalue weighted by molar-refractivity contribution is 0.0719. The molecule has 0 saturated carbocycles. The van der Waals surface area contributed by atoms with Gasteiger partial charge in [-0.25, -0.2) is 4.39 Å². The van der Waals surface area contributed by atoms with Crippen molar-refractivity contribution in [3.8, 4) is 0 Å². The first kappa shape index (κ1) is 16.5. The summed E-state index contributed by atoms with van der Waals surface area (Å²) in [6.07, 6.45) is 1.58. The first-order valence-electron chi connectivity index (χ1n) is 7.66. The summed E-state index contributed by atoms with van der Waals surface area (Å²) in [5.74, 6) is 0.117. The molecule has 1 aromatic carbocycles. The summed E-state index contributed by atoms with van der Waals surface area (Å²) in [6, 6.07) is 12.2. The molecule has 0 aliphatic rings. The van der Waals surface area contributed by atoms with Gasteiger partial charge in [-0.05, 0) is 55.8 Å². The van der Waals surface area contributed by atoms with Gasteiger partial charge in [-0.2, -0.15) is 0 Å². The van der Waals surface area contributed by atoms with Gasteiger partial charge in [0.25, 0.3) is 5.91 Å². The van der Waals surface area contributed by atoms with Crippen molar-refractivity contribution in [2.24, 2.45) is 0 Å². The Bertz CT molecular complexity index is 839. The number of rotatable bonds is 5. The number of carbonyl (C=O) groups excluding carboxylic acids is 1. The van der Waals surface area contributed by atoms with Crippen molar-refractivity contribution in [2.45, 2.75) is 26.9 Å². The molecule has 0 N–H and O–H groups in total. The monoisotopic (exact) mass is 343 g/mol. The van der Waals surface area contributed by atoms with Crippen molar-refractivity contribution in [1.29, 1.82) is 0 Å². The molecule has 3 rings (SSSR count). The summed E-state index contributed by atoms with van der Waals surface area (Å²) < 4.78 is 19.2. The van der Waals surface area contributed by atoms with Gasteiger partial charge in [0.15, 0.2) is 0 Å². The third-order valence-corrected chi connectivity index (χ3v) is 4.76. The topological polar surface area (TPSA) is 33.5 Å². The van der Waals surface area contributed by atoms with Crippen LogP contribution in [0.25, 0.3) is 0 Å². The van der Waals surface area contributed by atoms with Crippen LogP contribution < -0.4 is 0 Å². The van der Waals surface area contributed by atoms with Gasteiger partial charge in [-0.15, -0.1) is 11.3 Å². The summed E-state index contributed by atoms with van der Waals surface area (Å²) in [4.78, 5) is 16.8. The molecule has 1 amide bonds. The minimum atomic E-state index is -0.370. The Kier molecular flexibility index (Phi) is 4.81. The molecule has 0 bridgehead atoms. The highest BCUT2D eigenvalue weighted by atomic mass is 32.1. The highest BCUT2D eigenvalue weighted by Gasteiger charge is 2.19. The molecular weight excluding hydrogens is 325 g/mol. The van der Waals surface area contributed by atoms with Crippen molar-refractivity contribution < 1.29 is 13.6 Å². The Morgan fingerprint density at radius 1 is 1.17 bits per heavy atom. The highest BCUT2D eigenvalue weighted by Crippen LogP contribution is 2.21. The molecule has 3 nitrogen and oxygen atoms in total. The molecule has 0 aliphatic carbocycles. The van der Waals surface area contributed by atoms with Crippen LogP contribution in [0, 0.1) is 19.7 Å². The molecule has 0 fully saturated rings. The Morgan fingerprint density at radius 3 is 2.62 bits per heavy atom. The van der Waals surface area contributed by atoms with Crippen LogP contribution in [-0.2, 0) is 13.1 Å². The third-order valence-electron chi connectivity index (χ3n) is 3.78. The number of benzene rings is 1. The lowest BCUT2D eigenvalue weighted by Gasteiger charge is -2.21. The van der Waals surface area contributed by atoms with Crippen LogP contribution in [0.4, 0.5) is 4.39 Å². The average molecular weight is 343 g/mol. The second-order valence-electron chi connectivity index (χ2n) is 5.72. The van der Waals surface area contributed by atoms with E-state index >= 15 is 0 Å². The van der Waals surface area contributed by atoms with Gasteiger partial charge in [-0.3, -0.25) is 4.79 Å². The standard InChI is InChI=1S/C19H18FNO2S/c1-13-5-7-15(10-18(13)20)19(22)21(11-16-4-3-9-23-16)12-17-8-6-14(2)24-17/h3-10H,11-12H2,1-2H3. The number of thiophene rings is 1. The fraction of sp³-hybridized carbons (Fsp3) is 0.211. The molecule has 124 valence electrons. The first-order valence-corrected chi connectivity index (χ1v) is 8.47. The van der Waals surface area contributed by atoms with E-state index in [-0.39, 0.29) is 11.7 Å². The molecule has 5 heteroatoms. The minimum absolute atomic E-state index is 0.212. The molecule has 0 spiro atoms. The zero-order chi connectivity index (χ0) is 17.1. The molecule has 3 aromatic rings. The van der Waals surface area contributed by atoms with Gasteiger partial charge >= 0.3 is 0 Å². The number of furan rings is 1. The predicted octanol–water partition coefficient (Wildman–Crippen LogP) is 4.94. The van der Waals surface area contributed by atoms with E-state index in [1.54, 1.807) is 47.6 Å². The van der Waals surface area contributed by atoms with Crippen molar-refractivity contribution in [3.63, 3.8) is 0 Å². The molecular formula is C19H18FNO2S. The van der Waals surface area contributed by atoms with Crippen LogP contribution in [0.1, 0.15) is 31.4 Å². The molecule has 0 radical (unpaired) electrons. The number of hydrogen-bond donors (Lipinski definition) is 0. The van der Waals surface area contributed by atoms with E-state index in [2.05, 4.69) is 0 Å². The summed E-state index contributed by atoms with van der Waals surface area (Å²) in [6.45, 7) is 4.52. The summed E-state index contributed by atoms with van der Waals surface area (Å²) in [7, 11) is 0. The quantitative estimate of drug-likeness (QED) is 0.657. The zero-order valence-electron chi connectivity index (χ0n) is 13.6. The number of halogens is 1. The fourth-order valence-corrected chi connectivity index (χ4v) is 3.36. The number of carbonyl (C=O) groups is 1. The highest BCUT2D eigenvalue weighted by molar-refractivity contribution is 7.11. The summed E-state index contributed by atoms with van der Waals surface area (Å²) in [5.41, 5.74) is 0.871. The fourth-order valence-electron chi connectivity index (χ4n) is 2.46. The van der Waals surface area contributed by atoms with Gasteiger partial charge in [0.05, 0.1) is 19.4 Å². The van der Waals surface area contributed by atoms with Crippen LogP contribution in [0.5, 0.6) is 0 Å². The Balaban J connectivity index is 1.87. The number of nitrogens with zero attached hydrogens (tertiary/aromatic N) is 1. The SMILES string of the molecule is Cc1ccc(CN(Cc2ccco2)C(=O)c2ccc(C)c(F)c2)s1. The third kappa shape index (κ3) is 3.74. The molecule has 0 aliphatic heterocycles. The second-order valence-corrected chi connectivity index (χ2v) is 7.09. The molecule has 24 heavy (non-hydrogen) atoms. The smallest absolute Gasteiger partial charge is 0.254 e. The van der Waals surface area contributed by atoms with E-state index in [9.17, 15) is 9.18 Å². The van der Waals surface area contributed by atoms with Crippen molar-refractivity contribution in [3.05, 3.63) is 81.2 Å². The maximum Gasteiger partial charge on any atom is 0.254 e. The molecule has 2 heterocycles. The molecule has 0 saturated heterocycles. The van der Waals surface area contributed by atoms with Crippen LogP contribution in [0.3, 0.4) is 0 Å². The van der Waals surface area contributed by atoms with E-state index in [0.29, 0.717) is 30.0 Å². The van der Waals surface area contributed by atoms with Crippen molar-refractivity contribution >= 4 is 17.2 Å². The zero-order valence-corrected chi connectivity index (χ0v) is 14.4. The average Bonchev–Trinajstić information content (AvgIpc) is 3.20. The summed E-state index contributed by atoms with van der Waals surface area (Å²) in [5, 5.41) is 0. The van der Waals surface area contributed by atoms with Crippen LogP contribution in [0.15, 0.2) is 53.1 Å². The van der Waals surface area contributed by atoms with E-state index in [1.165, 1.54) is 10.9 Å². The van der Waals surface area contributed by atoms with Crippen LogP contribution in [0.2, 0.25) is 0 Å².